The third-order valence-corrected chi connectivity index (χ3v) is 5.77. The number of hydrogen-bond acceptors (Lipinski definition) is 4. The number of nitrogens with zero attached hydrogens (tertiary/aromatic N) is 5. The average molecular weight is 387 g/mol. The molecule has 148 valence electrons. The van der Waals surface area contributed by atoms with Crippen LogP contribution in [0.3, 0.4) is 0 Å². The maximum Gasteiger partial charge on any atom is 0.223 e. The van der Waals surface area contributed by atoms with E-state index in [9.17, 15) is 4.79 Å². The average Bonchev–Trinajstić information content (AvgIpc) is 3.12. The lowest BCUT2D eigenvalue weighted by molar-refractivity contribution is -0.131. The molecule has 1 unspecified atom stereocenters. The van der Waals surface area contributed by atoms with Crippen LogP contribution in [0.2, 0.25) is 0 Å². The van der Waals surface area contributed by atoms with Crippen molar-refractivity contribution in [2.24, 2.45) is 0 Å². The topological polar surface area (TPSA) is 63.4 Å². The molecule has 4 rings (SSSR count). The highest BCUT2D eigenvalue weighted by atomic mass is 16.2. The van der Waals surface area contributed by atoms with E-state index in [1.807, 2.05) is 61.8 Å². The van der Waals surface area contributed by atoms with Crippen LogP contribution >= 0.6 is 0 Å². The molecule has 3 heterocycles. The maximum atomic E-state index is 12.8. The predicted molar refractivity (Wildman–Crippen MR) is 114 cm³/mol. The number of aromatic nitrogens is 4. The van der Waals surface area contributed by atoms with Gasteiger partial charge in [-0.1, -0.05) is 12.1 Å². The number of benzene rings is 1. The summed E-state index contributed by atoms with van der Waals surface area (Å²) >= 11 is 0. The molecule has 1 atom stereocenters. The van der Waals surface area contributed by atoms with E-state index in [0.717, 1.165) is 39.1 Å². The lowest BCUT2D eigenvalue weighted by Gasteiger charge is -2.25. The molecule has 0 aliphatic rings. The molecule has 0 N–H and O–H groups in total. The number of carbonyl (C=O) groups is 1. The van der Waals surface area contributed by atoms with Gasteiger partial charge < -0.3 is 4.90 Å². The lowest BCUT2D eigenvalue weighted by Crippen LogP contribution is -2.30. The van der Waals surface area contributed by atoms with Crippen LogP contribution in [0.25, 0.3) is 16.6 Å². The molecule has 0 saturated carbocycles. The van der Waals surface area contributed by atoms with Crippen LogP contribution in [-0.4, -0.2) is 37.4 Å². The van der Waals surface area contributed by atoms with E-state index < -0.39 is 0 Å². The van der Waals surface area contributed by atoms with Gasteiger partial charge in [-0.05, 0) is 62.6 Å². The minimum atomic E-state index is 0.00436. The number of carbonyl (C=O) groups excluding carboxylic acids is 1. The van der Waals surface area contributed by atoms with Gasteiger partial charge in [0.05, 0.1) is 11.6 Å². The molecule has 1 aromatic carbocycles. The molecule has 6 nitrogen and oxygen atoms in total. The van der Waals surface area contributed by atoms with E-state index in [1.54, 1.807) is 17.3 Å². The highest BCUT2D eigenvalue weighted by Gasteiger charge is 2.19. The molecule has 0 saturated heterocycles. The Morgan fingerprint density at radius 1 is 1.14 bits per heavy atom. The first kappa shape index (κ1) is 19.1. The minimum absolute atomic E-state index is 0.00436. The maximum absolute atomic E-state index is 12.8. The van der Waals surface area contributed by atoms with Crippen molar-refractivity contribution in [1.82, 2.24) is 24.5 Å². The molecule has 6 heteroatoms. The quantitative estimate of drug-likeness (QED) is 0.518. The Balaban J connectivity index is 1.56. The van der Waals surface area contributed by atoms with Crippen molar-refractivity contribution in [3.05, 3.63) is 71.3 Å². The summed E-state index contributed by atoms with van der Waals surface area (Å²) in [6, 6.07) is 11.9. The Morgan fingerprint density at radius 2 is 1.86 bits per heavy atom. The molecule has 4 aromatic rings. The van der Waals surface area contributed by atoms with E-state index in [0.29, 0.717) is 12.8 Å². The lowest BCUT2D eigenvalue weighted by atomic mass is 10.0. The fraction of sp³-hybridized carbons (Fsp3) is 0.304. The molecule has 0 aliphatic carbocycles. The minimum Gasteiger partial charge on any atom is -0.339 e. The summed E-state index contributed by atoms with van der Waals surface area (Å²) in [7, 11) is 1.86. The Morgan fingerprint density at radius 3 is 2.62 bits per heavy atom. The molecule has 0 radical (unpaired) electrons. The zero-order chi connectivity index (χ0) is 20.5. The Labute approximate surface area is 170 Å². The summed E-state index contributed by atoms with van der Waals surface area (Å²) in [5.74, 6) is 0.110. The second kappa shape index (κ2) is 7.62. The first-order valence-corrected chi connectivity index (χ1v) is 9.86. The molecular weight excluding hydrogens is 362 g/mol. The Bertz CT molecular complexity index is 1180. The van der Waals surface area contributed by atoms with Crippen LogP contribution in [0.5, 0.6) is 0 Å². The predicted octanol–water partition coefficient (Wildman–Crippen LogP) is 4.05. The van der Waals surface area contributed by atoms with Crippen LogP contribution in [0.15, 0.2) is 48.8 Å². The molecular formula is C23H25N5O. The Kier molecular flexibility index (Phi) is 5.01. The van der Waals surface area contributed by atoms with Crippen molar-refractivity contribution >= 4 is 22.5 Å². The summed E-state index contributed by atoms with van der Waals surface area (Å²) in [6.45, 7) is 6.10. The summed E-state index contributed by atoms with van der Waals surface area (Å²) < 4.78 is 1.90. The van der Waals surface area contributed by atoms with E-state index in [2.05, 4.69) is 11.9 Å². The number of hydrogen-bond donors (Lipinski definition) is 0. The van der Waals surface area contributed by atoms with Crippen molar-refractivity contribution in [3.8, 4) is 0 Å². The largest absolute Gasteiger partial charge is 0.339 e. The highest BCUT2D eigenvalue weighted by molar-refractivity contribution is 5.92. The normalized spacial score (nSPS) is 12.4. The number of fused-ring (bicyclic) bond motifs is 3. The summed E-state index contributed by atoms with van der Waals surface area (Å²) in [5, 5.41) is 5.75. The SMILES string of the molecule is Cc1nc2c3ccccc3nn2c(C)c1CCC(=O)N(C)C(C)c1ccncc1. The van der Waals surface area contributed by atoms with Gasteiger partial charge in [-0.3, -0.25) is 9.78 Å². The molecule has 0 bridgehead atoms. The van der Waals surface area contributed by atoms with E-state index >= 15 is 0 Å². The van der Waals surface area contributed by atoms with Gasteiger partial charge in [-0.25, -0.2) is 9.50 Å². The van der Waals surface area contributed by atoms with Gasteiger partial charge in [0, 0.05) is 42.6 Å². The fourth-order valence-corrected chi connectivity index (χ4v) is 3.83. The second-order valence-corrected chi connectivity index (χ2v) is 7.47. The summed E-state index contributed by atoms with van der Waals surface area (Å²) in [5.41, 5.74) is 5.97. The third kappa shape index (κ3) is 3.46. The molecule has 3 aromatic heterocycles. The zero-order valence-corrected chi connectivity index (χ0v) is 17.3. The summed E-state index contributed by atoms with van der Waals surface area (Å²) in [6.07, 6.45) is 4.59. The Hall–Kier alpha value is -3.28. The van der Waals surface area contributed by atoms with Crippen LogP contribution in [0.1, 0.15) is 41.9 Å². The molecule has 1 amide bonds. The number of pyridine rings is 1. The molecule has 29 heavy (non-hydrogen) atoms. The smallest absolute Gasteiger partial charge is 0.223 e. The highest BCUT2D eigenvalue weighted by Crippen LogP contribution is 2.24. The number of rotatable bonds is 5. The van der Waals surface area contributed by atoms with Crippen molar-refractivity contribution in [3.63, 3.8) is 0 Å². The van der Waals surface area contributed by atoms with Crippen LogP contribution in [0.4, 0.5) is 0 Å². The van der Waals surface area contributed by atoms with Crippen molar-refractivity contribution in [2.45, 2.75) is 39.7 Å². The van der Waals surface area contributed by atoms with E-state index in [4.69, 9.17) is 10.1 Å². The third-order valence-electron chi connectivity index (χ3n) is 5.77. The number of amides is 1. The van der Waals surface area contributed by atoms with Gasteiger partial charge in [0.1, 0.15) is 0 Å². The zero-order valence-electron chi connectivity index (χ0n) is 17.3. The van der Waals surface area contributed by atoms with E-state index in [-0.39, 0.29) is 11.9 Å². The summed E-state index contributed by atoms with van der Waals surface area (Å²) in [4.78, 5) is 23.5. The van der Waals surface area contributed by atoms with Crippen LogP contribution < -0.4 is 0 Å². The van der Waals surface area contributed by atoms with Gasteiger partial charge in [-0.15, -0.1) is 0 Å². The van der Waals surface area contributed by atoms with Gasteiger partial charge in [-0.2, -0.15) is 5.10 Å². The molecule has 0 fully saturated rings. The molecule has 0 aliphatic heterocycles. The first-order chi connectivity index (χ1) is 14.0. The van der Waals surface area contributed by atoms with Gasteiger partial charge >= 0.3 is 0 Å². The fourth-order valence-electron chi connectivity index (χ4n) is 3.83. The number of aryl methyl sites for hydroxylation is 2. The van der Waals surface area contributed by atoms with Gasteiger partial charge in [0.25, 0.3) is 0 Å². The van der Waals surface area contributed by atoms with Crippen molar-refractivity contribution in [2.75, 3.05) is 7.05 Å². The monoisotopic (exact) mass is 387 g/mol. The van der Waals surface area contributed by atoms with E-state index in [1.165, 1.54) is 0 Å². The van der Waals surface area contributed by atoms with Crippen LogP contribution in [0, 0.1) is 13.8 Å². The van der Waals surface area contributed by atoms with Crippen molar-refractivity contribution in [1.29, 1.82) is 0 Å². The van der Waals surface area contributed by atoms with Gasteiger partial charge in [0.15, 0.2) is 5.65 Å². The second-order valence-electron chi connectivity index (χ2n) is 7.47. The van der Waals surface area contributed by atoms with Crippen LogP contribution in [-0.2, 0) is 11.2 Å². The molecule has 0 spiro atoms. The first-order valence-electron chi connectivity index (χ1n) is 9.86. The van der Waals surface area contributed by atoms with Crippen molar-refractivity contribution < 1.29 is 4.79 Å². The standard InChI is InChI=1S/C23H25N5O/c1-15-19(9-10-22(29)27(4)16(2)18-11-13-24-14-12-18)17(3)28-23(25-15)20-7-5-6-8-21(20)26-28/h5-8,11-14,16H,9-10H2,1-4H3. The van der Waals surface area contributed by atoms with Gasteiger partial charge in [0.2, 0.25) is 5.91 Å².